The molecule has 0 radical (unpaired) electrons. The zero-order valence-electron chi connectivity index (χ0n) is 17.9. The summed E-state index contributed by atoms with van der Waals surface area (Å²) >= 11 is 0. The van der Waals surface area contributed by atoms with Crippen LogP contribution in [0.4, 0.5) is 10.1 Å². The van der Waals surface area contributed by atoms with Gasteiger partial charge in [-0.1, -0.05) is 54.6 Å². The molecule has 2 N–H and O–H groups in total. The van der Waals surface area contributed by atoms with Crippen molar-refractivity contribution in [2.45, 2.75) is 38.1 Å². The van der Waals surface area contributed by atoms with Crippen molar-refractivity contribution in [3.8, 4) is 0 Å². The molecule has 0 aliphatic carbocycles. The van der Waals surface area contributed by atoms with Gasteiger partial charge in [0.1, 0.15) is 5.82 Å². The normalized spacial score (nSPS) is 17.8. The van der Waals surface area contributed by atoms with Gasteiger partial charge in [0.2, 0.25) is 11.8 Å². The monoisotopic (exact) mass is 430 g/mol. The number of aryl methyl sites for hydroxylation is 2. The van der Waals surface area contributed by atoms with E-state index in [-0.39, 0.29) is 36.0 Å². The van der Waals surface area contributed by atoms with Crippen LogP contribution in [-0.4, -0.2) is 11.8 Å². The molecule has 32 heavy (non-hydrogen) atoms. The summed E-state index contributed by atoms with van der Waals surface area (Å²) in [4.78, 5) is 26.3. The Bertz CT molecular complexity index is 1080. The standard InChI is InChI=1S/C27H27FN2O2/c28-21-14-16-22(17-15-21)30-26(23-11-5-4-10-20(23)13-18-25(29)31)24(27(30)32)12-6-9-19-7-2-1-3-8-19/h1-5,7-8,10-11,14-17,24,26H,6,9,12-13,18H2,(H2,29,31). The van der Waals surface area contributed by atoms with Crippen LogP contribution in [0.3, 0.4) is 0 Å². The van der Waals surface area contributed by atoms with Crippen LogP contribution in [0.15, 0.2) is 78.9 Å². The van der Waals surface area contributed by atoms with E-state index in [0.29, 0.717) is 12.1 Å². The van der Waals surface area contributed by atoms with E-state index in [0.717, 1.165) is 30.4 Å². The number of nitrogens with two attached hydrogens (primary N) is 1. The summed E-state index contributed by atoms with van der Waals surface area (Å²) in [6.45, 7) is 0. The Morgan fingerprint density at radius 2 is 1.59 bits per heavy atom. The highest BCUT2D eigenvalue weighted by Crippen LogP contribution is 2.46. The third-order valence-electron chi connectivity index (χ3n) is 6.16. The number of hydrogen-bond donors (Lipinski definition) is 1. The Kier molecular flexibility index (Phi) is 6.64. The van der Waals surface area contributed by atoms with Gasteiger partial charge in [0, 0.05) is 12.1 Å². The number of carbonyl (C=O) groups excluding carboxylic acids is 2. The maximum absolute atomic E-state index is 13.5. The number of amides is 2. The zero-order valence-corrected chi connectivity index (χ0v) is 17.9. The van der Waals surface area contributed by atoms with Crippen LogP contribution in [0, 0.1) is 11.7 Å². The molecular weight excluding hydrogens is 403 g/mol. The Balaban J connectivity index is 1.59. The highest BCUT2D eigenvalue weighted by Gasteiger charge is 2.48. The van der Waals surface area contributed by atoms with Gasteiger partial charge < -0.3 is 10.6 Å². The number of anilines is 1. The first kappa shape index (κ1) is 21.8. The molecular formula is C27H27FN2O2. The average molecular weight is 431 g/mol. The summed E-state index contributed by atoms with van der Waals surface area (Å²) in [5.41, 5.74) is 9.37. The van der Waals surface area contributed by atoms with Crippen LogP contribution in [0.1, 0.15) is 42.0 Å². The van der Waals surface area contributed by atoms with Crippen LogP contribution >= 0.6 is 0 Å². The van der Waals surface area contributed by atoms with Gasteiger partial charge in [-0.2, -0.15) is 0 Å². The second kappa shape index (κ2) is 9.77. The first-order chi connectivity index (χ1) is 15.5. The average Bonchev–Trinajstić information content (AvgIpc) is 2.81. The second-order valence-electron chi connectivity index (χ2n) is 8.28. The van der Waals surface area contributed by atoms with Gasteiger partial charge in [0.15, 0.2) is 0 Å². The summed E-state index contributed by atoms with van der Waals surface area (Å²) in [6.07, 6.45) is 3.37. The highest BCUT2D eigenvalue weighted by molar-refractivity contribution is 6.03. The molecule has 4 rings (SSSR count). The van der Waals surface area contributed by atoms with E-state index in [4.69, 9.17) is 5.73 Å². The molecule has 3 aromatic carbocycles. The van der Waals surface area contributed by atoms with Crippen molar-refractivity contribution in [2.24, 2.45) is 11.7 Å². The van der Waals surface area contributed by atoms with Gasteiger partial charge in [-0.25, -0.2) is 4.39 Å². The largest absolute Gasteiger partial charge is 0.370 e. The predicted molar refractivity (Wildman–Crippen MR) is 123 cm³/mol. The minimum absolute atomic E-state index is 0.0550. The molecule has 0 aromatic heterocycles. The summed E-state index contributed by atoms with van der Waals surface area (Å²) in [6, 6.07) is 24.1. The van der Waals surface area contributed by atoms with E-state index < -0.39 is 0 Å². The summed E-state index contributed by atoms with van der Waals surface area (Å²) in [5, 5.41) is 0. The molecule has 0 spiro atoms. The maximum atomic E-state index is 13.5. The van der Waals surface area contributed by atoms with Gasteiger partial charge in [0.25, 0.3) is 0 Å². The lowest BCUT2D eigenvalue weighted by Crippen LogP contribution is -2.55. The van der Waals surface area contributed by atoms with Crippen molar-refractivity contribution < 1.29 is 14.0 Å². The Morgan fingerprint density at radius 1 is 0.906 bits per heavy atom. The topological polar surface area (TPSA) is 63.4 Å². The number of hydrogen-bond acceptors (Lipinski definition) is 2. The predicted octanol–water partition coefficient (Wildman–Crippen LogP) is 4.97. The third kappa shape index (κ3) is 4.72. The van der Waals surface area contributed by atoms with E-state index in [1.165, 1.54) is 17.7 Å². The Labute approximate surface area is 187 Å². The molecule has 1 aliphatic rings. The van der Waals surface area contributed by atoms with Crippen molar-refractivity contribution in [3.63, 3.8) is 0 Å². The number of rotatable bonds is 9. The van der Waals surface area contributed by atoms with E-state index in [1.807, 2.05) is 42.5 Å². The number of halogens is 1. The summed E-state index contributed by atoms with van der Waals surface area (Å²) in [5.74, 6) is -0.781. The first-order valence-corrected chi connectivity index (χ1v) is 11.0. The molecule has 164 valence electrons. The molecule has 0 saturated carbocycles. The van der Waals surface area contributed by atoms with Crippen LogP contribution in [0.2, 0.25) is 0 Å². The van der Waals surface area contributed by atoms with Crippen molar-refractivity contribution in [2.75, 3.05) is 4.90 Å². The van der Waals surface area contributed by atoms with Crippen molar-refractivity contribution >= 4 is 17.5 Å². The van der Waals surface area contributed by atoms with Crippen LogP contribution < -0.4 is 10.6 Å². The maximum Gasteiger partial charge on any atom is 0.233 e. The molecule has 2 atom stereocenters. The molecule has 5 heteroatoms. The van der Waals surface area contributed by atoms with Crippen molar-refractivity contribution in [1.82, 2.24) is 0 Å². The van der Waals surface area contributed by atoms with Gasteiger partial charge in [-0.05, 0) is 66.6 Å². The summed E-state index contributed by atoms with van der Waals surface area (Å²) < 4.78 is 13.5. The van der Waals surface area contributed by atoms with E-state index >= 15 is 0 Å². The SMILES string of the molecule is NC(=O)CCc1ccccc1C1C(CCCc2ccccc2)C(=O)N1c1ccc(F)cc1. The number of β-lactam (4-membered cyclic amide) rings is 1. The van der Waals surface area contributed by atoms with Gasteiger partial charge in [0.05, 0.1) is 12.0 Å². The molecule has 2 unspecified atom stereocenters. The minimum atomic E-state index is -0.348. The van der Waals surface area contributed by atoms with E-state index in [9.17, 15) is 14.0 Å². The summed E-state index contributed by atoms with van der Waals surface area (Å²) in [7, 11) is 0. The molecule has 1 heterocycles. The minimum Gasteiger partial charge on any atom is -0.370 e. The Hall–Kier alpha value is -3.47. The van der Waals surface area contributed by atoms with E-state index in [2.05, 4.69) is 12.1 Å². The molecule has 4 nitrogen and oxygen atoms in total. The van der Waals surface area contributed by atoms with E-state index in [1.54, 1.807) is 17.0 Å². The lowest BCUT2D eigenvalue weighted by molar-refractivity contribution is -0.130. The number of primary amides is 1. The third-order valence-corrected chi connectivity index (χ3v) is 6.16. The van der Waals surface area contributed by atoms with Crippen LogP contribution in [0.5, 0.6) is 0 Å². The lowest BCUT2D eigenvalue weighted by Gasteiger charge is -2.48. The van der Waals surface area contributed by atoms with Gasteiger partial charge in [-0.15, -0.1) is 0 Å². The second-order valence-corrected chi connectivity index (χ2v) is 8.28. The highest BCUT2D eigenvalue weighted by atomic mass is 19.1. The first-order valence-electron chi connectivity index (χ1n) is 11.0. The molecule has 2 amide bonds. The van der Waals surface area contributed by atoms with Crippen molar-refractivity contribution in [3.05, 3.63) is 101 Å². The fraction of sp³-hybridized carbons (Fsp3) is 0.259. The van der Waals surface area contributed by atoms with Crippen LogP contribution in [0.25, 0.3) is 0 Å². The molecule has 1 saturated heterocycles. The smallest absolute Gasteiger partial charge is 0.233 e. The molecule has 1 aliphatic heterocycles. The zero-order chi connectivity index (χ0) is 22.5. The fourth-order valence-corrected chi connectivity index (χ4v) is 4.55. The number of nitrogens with zero attached hydrogens (tertiary/aromatic N) is 1. The van der Waals surface area contributed by atoms with Crippen molar-refractivity contribution in [1.29, 1.82) is 0 Å². The Morgan fingerprint density at radius 3 is 2.31 bits per heavy atom. The van der Waals surface area contributed by atoms with Gasteiger partial charge in [-0.3, -0.25) is 9.59 Å². The number of carbonyl (C=O) groups is 2. The van der Waals surface area contributed by atoms with Gasteiger partial charge >= 0.3 is 0 Å². The fourth-order valence-electron chi connectivity index (χ4n) is 4.55. The molecule has 1 fully saturated rings. The quantitative estimate of drug-likeness (QED) is 0.487. The lowest BCUT2D eigenvalue weighted by atomic mass is 9.76. The van der Waals surface area contributed by atoms with Crippen LogP contribution in [-0.2, 0) is 22.4 Å². The molecule has 3 aromatic rings. The molecule has 0 bridgehead atoms. The number of benzene rings is 3.